The van der Waals surface area contributed by atoms with Crippen molar-refractivity contribution in [1.29, 1.82) is 0 Å². The van der Waals surface area contributed by atoms with E-state index in [-0.39, 0.29) is 17.9 Å². The zero-order chi connectivity index (χ0) is 21.7. The van der Waals surface area contributed by atoms with Crippen molar-refractivity contribution in [3.8, 4) is 5.75 Å². The molecular formula is C21H29ClN2O5. The largest absolute Gasteiger partial charge is 0.495 e. The topological polar surface area (TPSA) is 93.7 Å². The number of hydrogen-bond acceptors (Lipinski definition) is 5. The summed E-state index contributed by atoms with van der Waals surface area (Å²) in [6, 6.07) is 4.82. The minimum Gasteiger partial charge on any atom is -0.495 e. The predicted molar refractivity (Wildman–Crippen MR) is 111 cm³/mol. The van der Waals surface area contributed by atoms with Crippen LogP contribution in [0, 0.1) is 5.41 Å². The second-order valence-corrected chi connectivity index (χ2v) is 8.87. The fourth-order valence-electron chi connectivity index (χ4n) is 3.52. The molecule has 0 unspecified atom stereocenters. The Morgan fingerprint density at radius 2 is 1.79 bits per heavy atom. The highest BCUT2D eigenvalue weighted by Gasteiger charge is 2.44. The molecule has 0 aliphatic heterocycles. The predicted octanol–water partition coefficient (Wildman–Crippen LogP) is 3.70. The molecule has 2 rings (SSSR count). The first-order valence-electron chi connectivity index (χ1n) is 9.66. The van der Waals surface area contributed by atoms with Crippen LogP contribution in [0.5, 0.6) is 5.75 Å². The van der Waals surface area contributed by atoms with Crippen LogP contribution in [0.25, 0.3) is 0 Å². The lowest BCUT2D eigenvalue weighted by atomic mass is 9.82. The third-order valence-corrected chi connectivity index (χ3v) is 5.01. The molecule has 2 amide bonds. The van der Waals surface area contributed by atoms with Crippen molar-refractivity contribution in [3.63, 3.8) is 0 Å². The summed E-state index contributed by atoms with van der Waals surface area (Å²) in [5.41, 5.74) is -0.860. The van der Waals surface area contributed by atoms with Gasteiger partial charge in [0.2, 0.25) is 5.91 Å². The van der Waals surface area contributed by atoms with Crippen molar-refractivity contribution in [2.45, 2.75) is 58.4 Å². The summed E-state index contributed by atoms with van der Waals surface area (Å²) < 4.78 is 10.5. The lowest BCUT2D eigenvalue weighted by Crippen LogP contribution is -2.44. The number of benzene rings is 1. The number of ether oxygens (including phenoxy) is 2. The Kier molecular flexibility index (Phi) is 7.52. The highest BCUT2D eigenvalue weighted by molar-refractivity contribution is 6.31. The van der Waals surface area contributed by atoms with Crippen molar-refractivity contribution in [2.75, 3.05) is 19.0 Å². The molecule has 7 nitrogen and oxygen atoms in total. The monoisotopic (exact) mass is 424 g/mol. The zero-order valence-corrected chi connectivity index (χ0v) is 18.1. The van der Waals surface area contributed by atoms with Crippen LogP contribution in [0.1, 0.15) is 52.9 Å². The molecule has 0 heterocycles. The minimum atomic E-state index is -0.872. The van der Waals surface area contributed by atoms with Crippen LogP contribution in [-0.4, -0.2) is 37.0 Å². The van der Waals surface area contributed by atoms with Gasteiger partial charge in [-0.1, -0.05) is 24.4 Å². The lowest BCUT2D eigenvalue weighted by molar-refractivity contribution is -0.160. The molecule has 2 N–H and O–H groups in total. The maximum Gasteiger partial charge on any atom is 0.313 e. The molecule has 1 aliphatic carbocycles. The normalized spacial score (nSPS) is 15.5. The highest BCUT2D eigenvalue weighted by atomic mass is 35.5. The number of methoxy groups -OCH3 is 1. The van der Waals surface area contributed by atoms with Crippen LogP contribution in [0.2, 0.25) is 5.02 Å². The molecule has 0 saturated heterocycles. The number of hydrogen-bond donors (Lipinski definition) is 2. The van der Waals surface area contributed by atoms with E-state index in [1.807, 2.05) is 20.8 Å². The number of halogens is 1. The van der Waals surface area contributed by atoms with Gasteiger partial charge in [0.1, 0.15) is 5.75 Å². The lowest BCUT2D eigenvalue weighted by Gasteiger charge is -2.28. The number of esters is 1. The van der Waals surface area contributed by atoms with Gasteiger partial charge in [-0.3, -0.25) is 14.4 Å². The van der Waals surface area contributed by atoms with Gasteiger partial charge in [-0.05, 0) is 51.8 Å². The summed E-state index contributed by atoms with van der Waals surface area (Å²) in [6.45, 7) is 5.22. The molecule has 1 aromatic carbocycles. The van der Waals surface area contributed by atoms with Crippen LogP contribution in [0.15, 0.2) is 18.2 Å². The fraction of sp³-hybridized carbons (Fsp3) is 0.571. The average molecular weight is 425 g/mol. The molecule has 1 saturated carbocycles. The Balaban J connectivity index is 1.97. The third-order valence-electron chi connectivity index (χ3n) is 4.78. The fourth-order valence-corrected chi connectivity index (χ4v) is 3.70. The second kappa shape index (κ2) is 9.48. The van der Waals surface area contributed by atoms with E-state index in [9.17, 15) is 14.4 Å². The van der Waals surface area contributed by atoms with Crippen LogP contribution in [0.3, 0.4) is 0 Å². The number of carbonyl (C=O) groups excluding carboxylic acids is 3. The van der Waals surface area contributed by atoms with E-state index in [0.29, 0.717) is 29.3 Å². The number of anilines is 1. The van der Waals surface area contributed by atoms with Crippen molar-refractivity contribution >= 4 is 35.1 Å². The summed E-state index contributed by atoms with van der Waals surface area (Å²) in [5.74, 6) is -0.761. The summed E-state index contributed by atoms with van der Waals surface area (Å²) in [7, 11) is 1.48. The number of rotatable bonds is 7. The van der Waals surface area contributed by atoms with Gasteiger partial charge in [0.25, 0.3) is 5.91 Å². The van der Waals surface area contributed by atoms with Crippen molar-refractivity contribution in [1.82, 2.24) is 5.32 Å². The molecule has 0 bridgehead atoms. The Morgan fingerprint density at radius 1 is 1.14 bits per heavy atom. The molecule has 0 atom stereocenters. The maximum absolute atomic E-state index is 12.8. The summed E-state index contributed by atoms with van der Waals surface area (Å²) in [4.78, 5) is 37.4. The average Bonchev–Trinajstić information content (AvgIpc) is 3.07. The summed E-state index contributed by atoms with van der Waals surface area (Å²) in [6.07, 6.45) is 2.92. The van der Waals surface area contributed by atoms with Crippen molar-refractivity contribution < 1.29 is 23.9 Å². The van der Waals surface area contributed by atoms with Gasteiger partial charge < -0.3 is 20.1 Å². The Bertz CT molecular complexity index is 767. The molecular weight excluding hydrogens is 396 g/mol. The van der Waals surface area contributed by atoms with Gasteiger partial charge in [-0.15, -0.1) is 0 Å². The third kappa shape index (κ3) is 6.63. The highest BCUT2D eigenvalue weighted by Crippen LogP contribution is 2.42. The molecule has 8 heteroatoms. The first-order valence-corrected chi connectivity index (χ1v) is 10.0. The van der Waals surface area contributed by atoms with E-state index in [0.717, 1.165) is 12.8 Å². The molecule has 0 spiro atoms. The van der Waals surface area contributed by atoms with Crippen molar-refractivity contribution in [2.24, 2.45) is 5.41 Å². The van der Waals surface area contributed by atoms with E-state index in [1.54, 1.807) is 18.2 Å². The molecule has 1 aliphatic rings. The zero-order valence-electron chi connectivity index (χ0n) is 17.4. The Labute approximate surface area is 176 Å². The standard InChI is InChI=1S/C21H29ClN2O5/c1-20(2,3)24-17(25)12-21(9-5-6-10-21)19(27)29-13-18(26)23-15-11-14(22)7-8-16(15)28-4/h7-8,11H,5-6,9-10,12-13H2,1-4H3,(H,23,26)(H,24,25). The first kappa shape index (κ1) is 23.0. The molecule has 0 aromatic heterocycles. The van der Waals surface area contributed by atoms with E-state index in [2.05, 4.69) is 10.6 Å². The van der Waals surface area contributed by atoms with Crippen LogP contribution < -0.4 is 15.4 Å². The summed E-state index contributed by atoms with van der Waals surface area (Å²) >= 11 is 5.95. The maximum atomic E-state index is 12.8. The van der Waals surface area contributed by atoms with Gasteiger partial charge in [0, 0.05) is 17.0 Å². The quantitative estimate of drug-likeness (QED) is 0.651. The molecule has 160 valence electrons. The van der Waals surface area contributed by atoms with E-state index in [4.69, 9.17) is 21.1 Å². The smallest absolute Gasteiger partial charge is 0.313 e. The molecule has 1 aromatic rings. The number of nitrogens with one attached hydrogen (secondary N) is 2. The van der Waals surface area contributed by atoms with Crippen LogP contribution in [0.4, 0.5) is 5.69 Å². The molecule has 0 radical (unpaired) electrons. The van der Waals surface area contributed by atoms with E-state index < -0.39 is 23.9 Å². The second-order valence-electron chi connectivity index (χ2n) is 8.43. The van der Waals surface area contributed by atoms with Gasteiger partial charge in [-0.25, -0.2) is 0 Å². The first-order chi connectivity index (χ1) is 13.5. The van der Waals surface area contributed by atoms with Crippen molar-refractivity contribution in [3.05, 3.63) is 23.2 Å². The summed E-state index contributed by atoms with van der Waals surface area (Å²) in [5, 5.41) is 5.95. The van der Waals surface area contributed by atoms with Crippen LogP contribution in [-0.2, 0) is 19.1 Å². The van der Waals surface area contributed by atoms with E-state index >= 15 is 0 Å². The van der Waals surface area contributed by atoms with Gasteiger partial charge in [0.05, 0.1) is 18.2 Å². The Hall–Kier alpha value is -2.28. The van der Waals surface area contributed by atoms with Crippen LogP contribution >= 0.6 is 11.6 Å². The SMILES string of the molecule is COc1ccc(Cl)cc1NC(=O)COC(=O)C1(CC(=O)NC(C)(C)C)CCCC1. The number of amides is 2. The minimum absolute atomic E-state index is 0.0623. The number of carbonyl (C=O) groups is 3. The van der Waals surface area contributed by atoms with Gasteiger partial charge in [0.15, 0.2) is 6.61 Å². The Morgan fingerprint density at radius 3 is 2.38 bits per heavy atom. The van der Waals surface area contributed by atoms with Gasteiger partial charge in [-0.2, -0.15) is 0 Å². The molecule has 1 fully saturated rings. The van der Waals surface area contributed by atoms with E-state index in [1.165, 1.54) is 7.11 Å². The molecule has 29 heavy (non-hydrogen) atoms. The van der Waals surface area contributed by atoms with Gasteiger partial charge >= 0.3 is 5.97 Å².